The quantitative estimate of drug-likeness (QED) is 0.571. The van der Waals surface area contributed by atoms with Gasteiger partial charge in [0, 0.05) is 18.7 Å². The van der Waals surface area contributed by atoms with E-state index in [0.717, 1.165) is 0 Å². The largest absolute Gasteiger partial charge is 0.465 e. The number of hydrogen-bond acceptors (Lipinski definition) is 4. The third-order valence-electron chi connectivity index (χ3n) is 3.63. The molecule has 0 saturated carbocycles. The summed E-state index contributed by atoms with van der Waals surface area (Å²) in [7, 11) is 1.31. The highest BCUT2D eigenvalue weighted by Gasteiger charge is 2.07. The molecule has 0 atom stereocenters. The summed E-state index contributed by atoms with van der Waals surface area (Å²) in [6, 6.07) is 13.2. The summed E-state index contributed by atoms with van der Waals surface area (Å²) in [5, 5.41) is 5.85. The van der Waals surface area contributed by atoms with E-state index in [2.05, 4.69) is 15.4 Å². The van der Waals surface area contributed by atoms with Crippen LogP contribution in [0.5, 0.6) is 0 Å². The number of rotatable bonds is 8. The Morgan fingerprint density at radius 3 is 2.64 bits per heavy atom. The third-order valence-corrected chi connectivity index (χ3v) is 3.63. The van der Waals surface area contributed by atoms with Crippen LogP contribution < -0.4 is 10.6 Å². The highest BCUT2D eigenvalue weighted by molar-refractivity contribution is 5.94. The molecule has 0 radical (unpaired) electrons. The molecule has 2 rings (SSSR count). The van der Waals surface area contributed by atoms with E-state index >= 15 is 0 Å². The van der Waals surface area contributed by atoms with E-state index in [0.29, 0.717) is 36.3 Å². The fourth-order valence-corrected chi connectivity index (χ4v) is 2.32. The van der Waals surface area contributed by atoms with Crippen LogP contribution in [0.15, 0.2) is 48.5 Å². The van der Waals surface area contributed by atoms with E-state index in [1.165, 1.54) is 13.2 Å². The highest BCUT2D eigenvalue weighted by atomic mass is 19.1. The molecule has 6 heteroatoms. The SMILES string of the molecule is COC(=O)c1cccc(NC(=O)CCNCCc2ccccc2F)c1. The molecular formula is C19H21FN2O3. The second kappa shape index (κ2) is 9.54. The second-order valence-electron chi connectivity index (χ2n) is 5.46. The van der Waals surface area contributed by atoms with Crippen LogP contribution in [0.1, 0.15) is 22.3 Å². The molecule has 0 heterocycles. The minimum absolute atomic E-state index is 0.166. The Morgan fingerprint density at radius 1 is 1.08 bits per heavy atom. The van der Waals surface area contributed by atoms with Crippen molar-refractivity contribution in [1.29, 1.82) is 0 Å². The monoisotopic (exact) mass is 344 g/mol. The maximum Gasteiger partial charge on any atom is 0.337 e. The molecule has 0 aliphatic rings. The van der Waals surface area contributed by atoms with Crippen LogP contribution in [0.4, 0.5) is 10.1 Å². The lowest BCUT2D eigenvalue weighted by molar-refractivity contribution is -0.116. The number of nitrogens with one attached hydrogen (secondary N) is 2. The number of methoxy groups -OCH3 is 1. The summed E-state index contributed by atoms with van der Waals surface area (Å²) in [4.78, 5) is 23.4. The first-order valence-corrected chi connectivity index (χ1v) is 8.02. The van der Waals surface area contributed by atoms with Gasteiger partial charge in [-0.2, -0.15) is 0 Å². The molecular weight excluding hydrogens is 323 g/mol. The zero-order valence-electron chi connectivity index (χ0n) is 14.0. The number of carbonyl (C=O) groups excluding carboxylic acids is 2. The normalized spacial score (nSPS) is 10.3. The molecule has 2 aromatic carbocycles. The molecule has 0 saturated heterocycles. The first kappa shape index (κ1) is 18.6. The van der Waals surface area contributed by atoms with Crippen molar-refractivity contribution >= 4 is 17.6 Å². The molecule has 0 fully saturated rings. The van der Waals surface area contributed by atoms with E-state index in [1.54, 1.807) is 42.5 Å². The number of anilines is 1. The topological polar surface area (TPSA) is 67.4 Å². The van der Waals surface area contributed by atoms with Gasteiger partial charge in [-0.3, -0.25) is 4.79 Å². The van der Waals surface area contributed by atoms with Gasteiger partial charge in [-0.25, -0.2) is 9.18 Å². The lowest BCUT2D eigenvalue weighted by atomic mass is 10.1. The van der Waals surface area contributed by atoms with E-state index in [1.807, 2.05) is 0 Å². The minimum atomic E-state index is -0.453. The van der Waals surface area contributed by atoms with E-state index in [-0.39, 0.29) is 18.1 Å². The van der Waals surface area contributed by atoms with Crippen molar-refractivity contribution in [3.63, 3.8) is 0 Å². The molecule has 0 unspecified atom stereocenters. The number of ether oxygens (including phenoxy) is 1. The number of hydrogen-bond donors (Lipinski definition) is 2. The first-order valence-electron chi connectivity index (χ1n) is 8.02. The summed E-state index contributed by atoms with van der Waals surface area (Å²) in [6.07, 6.45) is 0.842. The molecule has 25 heavy (non-hydrogen) atoms. The van der Waals surface area contributed by atoms with Crippen molar-refractivity contribution in [2.75, 3.05) is 25.5 Å². The van der Waals surface area contributed by atoms with Gasteiger partial charge >= 0.3 is 5.97 Å². The van der Waals surface area contributed by atoms with Crippen LogP contribution >= 0.6 is 0 Å². The van der Waals surface area contributed by atoms with Crippen LogP contribution in [0, 0.1) is 5.82 Å². The molecule has 0 aliphatic heterocycles. The average molecular weight is 344 g/mol. The standard InChI is InChI=1S/C19H21FN2O3/c1-25-19(24)15-6-4-7-16(13-15)22-18(23)10-12-21-11-9-14-5-2-3-8-17(14)20/h2-8,13,21H,9-12H2,1H3,(H,22,23). The summed E-state index contributed by atoms with van der Waals surface area (Å²) in [5.41, 5.74) is 1.57. The minimum Gasteiger partial charge on any atom is -0.465 e. The van der Waals surface area contributed by atoms with Gasteiger partial charge in [-0.15, -0.1) is 0 Å². The van der Waals surface area contributed by atoms with Gasteiger partial charge in [0.1, 0.15) is 5.82 Å². The molecule has 0 aliphatic carbocycles. The van der Waals surface area contributed by atoms with Gasteiger partial charge in [-0.05, 0) is 42.8 Å². The average Bonchev–Trinajstić information content (AvgIpc) is 2.62. The van der Waals surface area contributed by atoms with Crippen LogP contribution in [0.3, 0.4) is 0 Å². The van der Waals surface area contributed by atoms with Crippen molar-refractivity contribution in [2.24, 2.45) is 0 Å². The number of esters is 1. The molecule has 1 amide bonds. The Bertz CT molecular complexity index is 734. The summed E-state index contributed by atoms with van der Waals surface area (Å²) in [5.74, 6) is -0.834. The summed E-state index contributed by atoms with van der Waals surface area (Å²) in [6.45, 7) is 1.07. The van der Waals surface area contributed by atoms with Crippen LogP contribution in [0.25, 0.3) is 0 Å². The highest BCUT2D eigenvalue weighted by Crippen LogP contribution is 2.12. The van der Waals surface area contributed by atoms with Gasteiger partial charge in [0.25, 0.3) is 0 Å². The number of amides is 1. The number of carbonyl (C=O) groups is 2. The Labute approximate surface area is 146 Å². The third kappa shape index (κ3) is 6.00. The van der Waals surface area contributed by atoms with E-state index in [4.69, 9.17) is 0 Å². The molecule has 0 aromatic heterocycles. The molecule has 0 bridgehead atoms. The van der Waals surface area contributed by atoms with E-state index < -0.39 is 5.97 Å². The van der Waals surface area contributed by atoms with Crippen molar-refractivity contribution < 1.29 is 18.7 Å². The lowest BCUT2D eigenvalue weighted by Crippen LogP contribution is -2.23. The summed E-state index contributed by atoms with van der Waals surface area (Å²) >= 11 is 0. The van der Waals surface area contributed by atoms with Gasteiger partial charge < -0.3 is 15.4 Å². The van der Waals surface area contributed by atoms with Crippen LogP contribution in [-0.2, 0) is 16.0 Å². The Kier molecular flexibility index (Phi) is 7.10. The fraction of sp³-hybridized carbons (Fsp3) is 0.263. The van der Waals surface area contributed by atoms with Crippen LogP contribution in [-0.4, -0.2) is 32.1 Å². The van der Waals surface area contributed by atoms with Crippen molar-refractivity contribution in [2.45, 2.75) is 12.8 Å². The fourth-order valence-electron chi connectivity index (χ4n) is 2.32. The van der Waals surface area contributed by atoms with Gasteiger partial charge in [0.2, 0.25) is 5.91 Å². The molecule has 5 nitrogen and oxygen atoms in total. The van der Waals surface area contributed by atoms with Crippen molar-refractivity contribution in [1.82, 2.24) is 5.32 Å². The molecule has 2 aromatic rings. The Hall–Kier alpha value is -2.73. The zero-order valence-corrected chi connectivity index (χ0v) is 14.0. The van der Waals surface area contributed by atoms with Gasteiger partial charge in [0.05, 0.1) is 12.7 Å². The smallest absolute Gasteiger partial charge is 0.337 e. The predicted molar refractivity (Wildman–Crippen MR) is 94.0 cm³/mol. The second-order valence-corrected chi connectivity index (χ2v) is 5.46. The Morgan fingerprint density at radius 2 is 1.88 bits per heavy atom. The maximum atomic E-state index is 13.5. The predicted octanol–water partition coefficient (Wildman–Crippen LogP) is 2.77. The Balaban J connectivity index is 1.71. The molecule has 0 spiro atoms. The maximum absolute atomic E-state index is 13.5. The van der Waals surface area contributed by atoms with E-state index in [9.17, 15) is 14.0 Å². The van der Waals surface area contributed by atoms with Gasteiger partial charge in [-0.1, -0.05) is 24.3 Å². The van der Waals surface area contributed by atoms with Gasteiger partial charge in [0.15, 0.2) is 0 Å². The van der Waals surface area contributed by atoms with Crippen LogP contribution in [0.2, 0.25) is 0 Å². The van der Waals surface area contributed by atoms with Crippen molar-refractivity contribution in [3.05, 3.63) is 65.5 Å². The first-order chi connectivity index (χ1) is 12.1. The molecule has 2 N–H and O–H groups in total. The number of halogens is 1. The summed E-state index contributed by atoms with van der Waals surface area (Å²) < 4.78 is 18.1. The molecule has 132 valence electrons. The lowest BCUT2D eigenvalue weighted by Gasteiger charge is -2.08. The zero-order chi connectivity index (χ0) is 18.1. The number of benzene rings is 2. The van der Waals surface area contributed by atoms with Crippen molar-refractivity contribution in [3.8, 4) is 0 Å².